The highest BCUT2D eigenvalue weighted by Gasteiger charge is 2.18. The van der Waals surface area contributed by atoms with Crippen molar-refractivity contribution in [3.8, 4) is 55.9 Å². The van der Waals surface area contributed by atoms with Gasteiger partial charge in [0.2, 0.25) is 0 Å². The molecule has 0 atom stereocenters. The third-order valence-corrected chi connectivity index (χ3v) is 13.5. The van der Waals surface area contributed by atoms with Gasteiger partial charge < -0.3 is 4.42 Å². The molecule has 0 unspecified atom stereocenters. The molecule has 0 spiro atoms. The fourth-order valence-electron chi connectivity index (χ4n) is 10.3. The van der Waals surface area contributed by atoms with E-state index in [9.17, 15) is 0 Å². The molecule has 0 aliphatic carbocycles. The maximum Gasteiger partial charge on any atom is 0.143 e. The first-order valence-electron chi connectivity index (χ1n) is 22.6. The van der Waals surface area contributed by atoms with Gasteiger partial charge >= 0.3 is 0 Å². The molecular formula is C62H36N4O. The highest BCUT2D eigenvalue weighted by atomic mass is 16.3. The summed E-state index contributed by atoms with van der Waals surface area (Å²) in [5.74, 6) is 0. The minimum Gasteiger partial charge on any atom is -0.455 e. The highest BCUT2D eigenvalue weighted by Crippen LogP contribution is 2.41. The Labute approximate surface area is 384 Å². The fourth-order valence-corrected chi connectivity index (χ4v) is 10.3. The van der Waals surface area contributed by atoms with Crippen molar-refractivity contribution >= 4 is 87.1 Å². The van der Waals surface area contributed by atoms with Gasteiger partial charge in [-0.3, -0.25) is 9.97 Å². The van der Waals surface area contributed by atoms with Crippen LogP contribution in [0.5, 0.6) is 0 Å². The molecular weight excluding hydrogens is 817 g/mol. The van der Waals surface area contributed by atoms with Crippen LogP contribution in [0.25, 0.3) is 143 Å². The summed E-state index contributed by atoms with van der Waals surface area (Å²) in [6, 6.07) is 72.8. The molecule has 0 saturated carbocycles. The molecule has 0 aliphatic rings. The zero-order chi connectivity index (χ0) is 44.0. The number of para-hydroxylation sites is 2. The first-order chi connectivity index (χ1) is 33.2. The molecule has 3 aromatic heterocycles. The Morgan fingerprint density at radius 1 is 0.269 bits per heavy atom. The van der Waals surface area contributed by atoms with Crippen LogP contribution < -0.4 is 0 Å². The standard InChI is InChI=1S/C62H36N4O/c1-5-23-50-45(18-1)47-20-3-7-25-52(47)60-58(50)63-35-55(65-60)39-16-11-14-37(30-39)41-32-42(34-43(33-41)44-27-13-28-54-49-22-9-10-29-57(49)67-62(44)54)38-15-12-17-40(31-38)56-36-64-59-51-24-6-2-19-46(51)48-21-4-8-26-53(48)61(59)66-56/h1-36H. The Morgan fingerprint density at radius 3 is 1.15 bits per heavy atom. The SMILES string of the molecule is c1cc(-c2cc(-c3cccc(-c4cnc5c6ccccc6c6ccccc6c5n4)c3)cc(-c3cccc4c3oc3ccccc34)c2)cc(-c2cnc3c4ccccc4c4ccccc4c3n2)c1. The topological polar surface area (TPSA) is 64.7 Å². The van der Waals surface area contributed by atoms with E-state index in [2.05, 4.69) is 194 Å². The van der Waals surface area contributed by atoms with E-state index in [4.69, 9.17) is 24.4 Å². The Morgan fingerprint density at radius 2 is 0.642 bits per heavy atom. The van der Waals surface area contributed by atoms with Crippen molar-refractivity contribution in [1.82, 2.24) is 19.9 Å². The molecule has 11 aromatic carbocycles. The van der Waals surface area contributed by atoms with Crippen LogP contribution in [0.15, 0.2) is 223 Å². The molecule has 14 rings (SSSR count). The van der Waals surface area contributed by atoms with Gasteiger partial charge in [0.25, 0.3) is 0 Å². The minimum absolute atomic E-state index is 0.822. The van der Waals surface area contributed by atoms with Gasteiger partial charge in [-0.05, 0) is 85.8 Å². The highest BCUT2D eigenvalue weighted by molar-refractivity contribution is 6.24. The smallest absolute Gasteiger partial charge is 0.143 e. The van der Waals surface area contributed by atoms with Crippen molar-refractivity contribution in [3.63, 3.8) is 0 Å². The summed E-state index contributed by atoms with van der Waals surface area (Å²) in [7, 11) is 0. The van der Waals surface area contributed by atoms with Crippen LogP contribution >= 0.6 is 0 Å². The van der Waals surface area contributed by atoms with Crippen molar-refractivity contribution in [2.24, 2.45) is 0 Å². The van der Waals surface area contributed by atoms with Gasteiger partial charge in [0.1, 0.15) is 11.2 Å². The molecule has 14 aromatic rings. The van der Waals surface area contributed by atoms with Gasteiger partial charge in [-0.2, -0.15) is 0 Å². The number of furan rings is 1. The molecule has 3 heterocycles. The largest absolute Gasteiger partial charge is 0.455 e. The monoisotopic (exact) mass is 852 g/mol. The van der Waals surface area contributed by atoms with Crippen LogP contribution in [0.2, 0.25) is 0 Å². The molecule has 5 nitrogen and oxygen atoms in total. The van der Waals surface area contributed by atoms with E-state index < -0.39 is 0 Å². The third-order valence-electron chi connectivity index (χ3n) is 13.5. The summed E-state index contributed by atoms with van der Waals surface area (Å²) in [5, 5.41) is 11.3. The summed E-state index contributed by atoms with van der Waals surface area (Å²) < 4.78 is 6.64. The second-order valence-corrected chi connectivity index (χ2v) is 17.3. The van der Waals surface area contributed by atoms with Gasteiger partial charge in [-0.1, -0.05) is 170 Å². The normalized spacial score (nSPS) is 11.9. The predicted octanol–water partition coefficient (Wildman–Crippen LogP) is 16.4. The quantitative estimate of drug-likeness (QED) is 0.161. The van der Waals surface area contributed by atoms with Gasteiger partial charge in [0.05, 0.1) is 45.8 Å². The predicted molar refractivity (Wildman–Crippen MR) is 277 cm³/mol. The van der Waals surface area contributed by atoms with Crippen molar-refractivity contribution in [2.75, 3.05) is 0 Å². The van der Waals surface area contributed by atoms with E-state index in [1.54, 1.807) is 0 Å². The molecule has 310 valence electrons. The number of benzene rings is 11. The lowest BCUT2D eigenvalue weighted by molar-refractivity contribution is 0.670. The van der Waals surface area contributed by atoms with E-state index in [1.165, 1.54) is 21.5 Å². The molecule has 67 heavy (non-hydrogen) atoms. The molecule has 0 N–H and O–H groups in total. The van der Waals surface area contributed by atoms with Crippen LogP contribution in [0, 0.1) is 0 Å². The van der Waals surface area contributed by atoms with E-state index >= 15 is 0 Å². The van der Waals surface area contributed by atoms with Crippen molar-refractivity contribution in [2.45, 2.75) is 0 Å². The third kappa shape index (κ3) is 5.95. The molecule has 0 saturated heterocycles. The van der Waals surface area contributed by atoms with Crippen LogP contribution in [0.3, 0.4) is 0 Å². The maximum absolute atomic E-state index is 6.64. The van der Waals surface area contributed by atoms with Crippen LogP contribution in [-0.4, -0.2) is 19.9 Å². The Hall–Kier alpha value is -9.06. The Bertz CT molecular complexity index is 4070. The van der Waals surface area contributed by atoms with Crippen molar-refractivity contribution in [1.29, 1.82) is 0 Å². The zero-order valence-corrected chi connectivity index (χ0v) is 36.0. The Balaban J connectivity index is 0.937. The Kier molecular flexibility index (Phi) is 8.21. The number of fused-ring (bicyclic) bond motifs is 15. The zero-order valence-electron chi connectivity index (χ0n) is 36.0. The summed E-state index contributed by atoms with van der Waals surface area (Å²) in [6.07, 6.45) is 3.83. The van der Waals surface area contributed by atoms with Crippen LogP contribution in [-0.2, 0) is 0 Å². The molecule has 0 bridgehead atoms. The number of hydrogen-bond donors (Lipinski definition) is 0. The van der Waals surface area contributed by atoms with Gasteiger partial charge in [-0.15, -0.1) is 0 Å². The lowest BCUT2D eigenvalue weighted by Crippen LogP contribution is -1.93. The number of rotatable bonds is 5. The molecule has 0 fully saturated rings. The minimum atomic E-state index is 0.822. The summed E-state index contributed by atoms with van der Waals surface area (Å²) in [4.78, 5) is 20.9. The lowest BCUT2D eigenvalue weighted by atomic mass is 9.91. The van der Waals surface area contributed by atoms with E-state index in [1.807, 2.05) is 24.5 Å². The average molecular weight is 853 g/mol. The van der Waals surface area contributed by atoms with Gasteiger partial charge in [0.15, 0.2) is 0 Å². The maximum atomic E-state index is 6.64. The van der Waals surface area contributed by atoms with Crippen molar-refractivity contribution < 1.29 is 4.42 Å². The van der Waals surface area contributed by atoms with Gasteiger partial charge in [0, 0.05) is 49.0 Å². The first-order valence-corrected chi connectivity index (χ1v) is 22.6. The summed E-state index contributed by atoms with van der Waals surface area (Å²) in [6.45, 7) is 0. The van der Waals surface area contributed by atoms with E-state index in [-0.39, 0.29) is 0 Å². The van der Waals surface area contributed by atoms with Crippen LogP contribution in [0.1, 0.15) is 0 Å². The van der Waals surface area contributed by atoms with E-state index in [0.717, 1.165) is 121 Å². The number of nitrogens with zero attached hydrogens (tertiary/aromatic N) is 4. The molecule has 0 amide bonds. The lowest BCUT2D eigenvalue weighted by Gasteiger charge is -2.14. The second-order valence-electron chi connectivity index (χ2n) is 17.3. The second kappa shape index (κ2) is 14.7. The van der Waals surface area contributed by atoms with Crippen molar-refractivity contribution in [3.05, 3.63) is 219 Å². The molecule has 0 aliphatic heterocycles. The van der Waals surface area contributed by atoms with Gasteiger partial charge in [-0.25, -0.2) is 9.97 Å². The van der Waals surface area contributed by atoms with Crippen LogP contribution in [0.4, 0.5) is 0 Å². The molecule has 0 radical (unpaired) electrons. The summed E-state index contributed by atoms with van der Waals surface area (Å²) >= 11 is 0. The average Bonchev–Trinajstić information content (AvgIpc) is 3.80. The van der Waals surface area contributed by atoms with E-state index in [0.29, 0.717) is 0 Å². The number of aromatic nitrogens is 4. The fraction of sp³-hybridized carbons (Fsp3) is 0. The number of hydrogen-bond acceptors (Lipinski definition) is 5. The summed E-state index contributed by atoms with van der Waals surface area (Å²) in [5.41, 5.74) is 15.4. The molecule has 5 heteroatoms. The first kappa shape index (κ1) is 37.3.